The molecule has 1 atom stereocenters. The first kappa shape index (κ1) is 20.1. The fourth-order valence-electron chi connectivity index (χ4n) is 3.25. The topological polar surface area (TPSA) is 63.1 Å². The van der Waals surface area contributed by atoms with Gasteiger partial charge in [-0.2, -0.15) is 0 Å². The number of amides is 1. The molecule has 0 radical (unpaired) electrons. The van der Waals surface area contributed by atoms with Crippen molar-refractivity contribution in [2.24, 2.45) is 0 Å². The van der Waals surface area contributed by atoms with Gasteiger partial charge in [0, 0.05) is 5.39 Å². The second kappa shape index (κ2) is 8.15. The lowest BCUT2D eigenvalue weighted by Crippen LogP contribution is -2.36. The number of benzene rings is 2. The first-order valence-electron chi connectivity index (χ1n) is 8.92. The molecule has 0 saturated heterocycles. The van der Waals surface area contributed by atoms with Crippen molar-refractivity contribution in [2.75, 3.05) is 12.0 Å². The molecule has 5 nitrogen and oxygen atoms in total. The van der Waals surface area contributed by atoms with Gasteiger partial charge in [-0.25, -0.2) is 13.5 Å². The van der Waals surface area contributed by atoms with E-state index in [1.54, 1.807) is 26.0 Å². The third-order valence-electron chi connectivity index (χ3n) is 4.66. The van der Waals surface area contributed by atoms with Crippen LogP contribution in [0.3, 0.4) is 0 Å². The fourth-order valence-corrected chi connectivity index (χ4v) is 3.25. The lowest BCUT2D eigenvalue weighted by Gasteiger charge is -2.20. The molecule has 2 aromatic carbocycles. The summed E-state index contributed by atoms with van der Waals surface area (Å²) in [6, 6.07) is 9.46. The van der Waals surface area contributed by atoms with Crippen LogP contribution in [0.5, 0.6) is 0 Å². The molecule has 0 aliphatic rings. The van der Waals surface area contributed by atoms with E-state index >= 15 is 0 Å². The summed E-state index contributed by atoms with van der Waals surface area (Å²) in [7, 11) is 0. The minimum atomic E-state index is -0.740. The summed E-state index contributed by atoms with van der Waals surface area (Å²) < 4.78 is 29.0. The molecule has 3 aromatic rings. The minimum Gasteiger partial charge on any atom is -0.345 e. The maximum atomic E-state index is 14.4. The molecule has 1 amide bonds. The number of pyridine rings is 1. The van der Waals surface area contributed by atoms with E-state index < -0.39 is 29.1 Å². The Bertz CT molecular complexity index is 1200. The number of hydrogen-bond acceptors (Lipinski definition) is 3. The molecular formula is C22H19F2N3O2. The molecule has 1 aromatic heterocycles. The predicted molar refractivity (Wildman–Crippen MR) is 108 cm³/mol. The van der Waals surface area contributed by atoms with Crippen molar-refractivity contribution in [3.05, 3.63) is 81.3 Å². The van der Waals surface area contributed by atoms with Crippen LogP contribution in [-0.4, -0.2) is 17.1 Å². The molecule has 7 heteroatoms. The Balaban J connectivity index is 2.12. The van der Waals surface area contributed by atoms with Gasteiger partial charge in [-0.15, -0.1) is 6.42 Å². The van der Waals surface area contributed by atoms with Crippen molar-refractivity contribution in [3.63, 3.8) is 0 Å². The highest BCUT2D eigenvalue weighted by atomic mass is 19.1. The van der Waals surface area contributed by atoms with Crippen LogP contribution in [0.25, 0.3) is 10.8 Å². The van der Waals surface area contributed by atoms with Gasteiger partial charge in [-0.05, 0) is 37.6 Å². The molecule has 0 aliphatic heterocycles. The molecule has 3 rings (SSSR count). The Labute approximate surface area is 166 Å². The predicted octanol–water partition coefficient (Wildman–Crippen LogP) is 3.26. The van der Waals surface area contributed by atoms with Crippen molar-refractivity contribution >= 4 is 16.7 Å². The summed E-state index contributed by atoms with van der Waals surface area (Å²) in [6.45, 7) is 3.29. The first-order valence-corrected chi connectivity index (χ1v) is 8.92. The van der Waals surface area contributed by atoms with Crippen molar-refractivity contribution in [3.8, 4) is 12.3 Å². The average molecular weight is 395 g/mol. The van der Waals surface area contributed by atoms with Crippen LogP contribution in [0.1, 0.15) is 34.6 Å². The van der Waals surface area contributed by atoms with E-state index in [1.165, 1.54) is 24.3 Å². The number of nitrogens with one attached hydrogen (secondary N) is 2. The van der Waals surface area contributed by atoms with Gasteiger partial charge in [0.2, 0.25) is 0 Å². The van der Waals surface area contributed by atoms with Crippen molar-refractivity contribution in [2.45, 2.75) is 19.9 Å². The fraction of sp³-hybridized carbons (Fsp3) is 0.182. The van der Waals surface area contributed by atoms with Crippen LogP contribution < -0.4 is 16.3 Å². The summed E-state index contributed by atoms with van der Waals surface area (Å²) in [6.07, 6.45) is 5.25. The van der Waals surface area contributed by atoms with Gasteiger partial charge in [0.1, 0.15) is 11.6 Å². The van der Waals surface area contributed by atoms with Gasteiger partial charge in [0.25, 0.3) is 11.5 Å². The van der Waals surface area contributed by atoms with Crippen LogP contribution in [0, 0.1) is 30.9 Å². The Hall–Kier alpha value is -3.66. The van der Waals surface area contributed by atoms with E-state index in [1.807, 2.05) is 0 Å². The van der Waals surface area contributed by atoms with Gasteiger partial charge < -0.3 is 10.7 Å². The second-order valence-electron chi connectivity index (χ2n) is 6.55. The molecule has 29 heavy (non-hydrogen) atoms. The lowest BCUT2D eigenvalue weighted by atomic mass is 10.0. The molecule has 0 saturated carbocycles. The average Bonchev–Trinajstić information content (AvgIpc) is 2.67. The van der Waals surface area contributed by atoms with Crippen LogP contribution in [0.4, 0.5) is 8.78 Å². The third kappa shape index (κ3) is 3.83. The van der Waals surface area contributed by atoms with Crippen LogP contribution in [0.15, 0.2) is 47.3 Å². The quantitative estimate of drug-likeness (QED) is 0.652. The zero-order valence-corrected chi connectivity index (χ0v) is 15.9. The largest absolute Gasteiger partial charge is 0.345 e. The van der Waals surface area contributed by atoms with Crippen LogP contribution in [-0.2, 0) is 0 Å². The molecule has 0 bridgehead atoms. The number of nitrogens with zero attached hydrogens (tertiary/aromatic N) is 1. The number of carbonyl (C=O) groups excluding carboxylic acids is 1. The van der Waals surface area contributed by atoms with Crippen LogP contribution >= 0.6 is 0 Å². The van der Waals surface area contributed by atoms with E-state index in [4.69, 9.17) is 6.42 Å². The molecule has 0 aliphatic carbocycles. The SMILES string of the molecule is C#CCNn1c(C)c(C(=O)N[C@@H](C)c2cccc(F)c2)c2cccc(F)c2c1=O. The Kier molecular flexibility index (Phi) is 5.64. The highest BCUT2D eigenvalue weighted by Gasteiger charge is 2.22. The smallest absolute Gasteiger partial charge is 0.279 e. The lowest BCUT2D eigenvalue weighted by molar-refractivity contribution is 0.0940. The molecule has 148 valence electrons. The first-order chi connectivity index (χ1) is 13.8. The minimum absolute atomic E-state index is 0.0153. The zero-order chi connectivity index (χ0) is 21.1. The summed E-state index contributed by atoms with van der Waals surface area (Å²) in [5.74, 6) is 0.661. The molecule has 0 fully saturated rings. The second-order valence-corrected chi connectivity index (χ2v) is 6.55. The number of hydrogen-bond donors (Lipinski definition) is 2. The standard InChI is InChI=1S/C22H19F2N3O2/c1-4-11-25-27-14(3)19(17-9-6-10-18(24)20(17)22(27)29)21(28)26-13(2)15-7-5-8-16(23)12-15/h1,5-10,12-13,25H,11H2,2-3H3,(H,26,28)/t13-/m0/s1. The molecule has 0 unspecified atom stereocenters. The number of terminal acetylenes is 1. The summed E-state index contributed by atoms with van der Waals surface area (Å²) >= 11 is 0. The van der Waals surface area contributed by atoms with E-state index in [0.29, 0.717) is 5.56 Å². The van der Waals surface area contributed by atoms with Crippen molar-refractivity contribution < 1.29 is 13.6 Å². The van der Waals surface area contributed by atoms with E-state index in [9.17, 15) is 18.4 Å². The van der Waals surface area contributed by atoms with Gasteiger partial charge in [0.05, 0.1) is 29.2 Å². The number of rotatable bonds is 5. The third-order valence-corrected chi connectivity index (χ3v) is 4.66. The maximum Gasteiger partial charge on any atom is 0.279 e. The highest BCUT2D eigenvalue weighted by molar-refractivity contribution is 6.08. The molecule has 1 heterocycles. The summed E-state index contributed by atoms with van der Waals surface area (Å²) in [4.78, 5) is 25.8. The Morgan fingerprint density at radius 1 is 1.24 bits per heavy atom. The number of aromatic nitrogens is 1. The van der Waals surface area contributed by atoms with E-state index in [-0.39, 0.29) is 28.6 Å². The molecule has 2 N–H and O–H groups in total. The summed E-state index contributed by atoms with van der Waals surface area (Å²) in [5.41, 5.74) is 3.06. The number of carbonyl (C=O) groups is 1. The van der Waals surface area contributed by atoms with Crippen LogP contribution in [0.2, 0.25) is 0 Å². The Morgan fingerprint density at radius 2 is 1.97 bits per heavy atom. The van der Waals surface area contributed by atoms with Gasteiger partial charge in [-0.1, -0.05) is 30.2 Å². The van der Waals surface area contributed by atoms with E-state index in [0.717, 1.165) is 10.7 Å². The van der Waals surface area contributed by atoms with Gasteiger partial charge in [-0.3, -0.25) is 9.59 Å². The van der Waals surface area contributed by atoms with Crippen molar-refractivity contribution in [1.29, 1.82) is 0 Å². The summed E-state index contributed by atoms with van der Waals surface area (Å²) in [5, 5.41) is 2.76. The van der Waals surface area contributed by atoms with Crippen molar-refractivity contribution in [1.82, 2.24) is 9.99 Å². The zero-order valence-electron chi connectivity index (χ0n) is 15.9. The maximum absolute atomic E-state index is 14.4. The van der Waals surface area contributed by atoms with E-state index in [2.05, 4.69) is 16.7 Å². The molecular weight excluding hydrogens is 376 g/mol. The van der Waals surface area contributed by atoms with Gasteiger partial charge >= 0.3 is 0 Å². The highest BCUT2D eigenvalue weighted by Crippen LogP contribution is 2.23. The number of fused-ring (bicyclic) bond motifs is 1. The number of halogens is 2. The monoisotopic (exact) mass is 395 g/mol. The Morgan fingerprint density at radius 3 is 2.66 bits per heavy atom. The normalized spacial score (nSPS) is 11.7. The van der Waals surface area contributed by atoms with Gasteiger partial charge in [0.15, 0.2) is 0 Å². The molecule has 0 spiro atoms.